The van der Waals surface area contributed by atoms with Crippen LogP contribution in [-0.4, -0.2) is 88.1 Å². The van der Waals surface area contributed by atoms with Crippen molar-refractivity contribution in [3.05, 3.63) is 0 Å². The van der Waals surface area contributed by atoms with E-state index in [1.165, 1.54) is 0 Å². The average molecular weight is 1120 g/mol. The summed E-state index contributed by atoms with van der Waals surface area (Å²) in [5.74, 6) is 0. The first-order valence-electron chi connectivity index (χ1n) is 3.29. The fourth-order valence-electron chi connectivity index (χ4n) is 0. The van der Waals surface area contributed by atoms with Gasteiger partial charge >= 0.3 is 261 Å². The van der Waals surface area contributed by atoms with Gasteiger partial charge in [0, 0.05) is 0 Å². The van der Waals surface area contributed by atoms with E-state index < -0.39 is 113 Å². The molecule has 27 heavy (non-hydrogen) atoms. The normalized spacial score (nSPS) is 5.56. The number of hydrogen-bond acceptors (Lipinski definition) is 18. The molecule has 0 spiro atoms. The zero-order valence-electron chi connectivity index (χ0n) is 11.9. The fraction of sp³-hybridized carbons (Fsp3) is 0. The van der Waals surface area contributed by atoms with E-state index >= 15 is 0 Å². The van der Waals surface area contributed by atoms with Crippen LogP contribution in [0.1, 0.15) is 0 Å². The third-order valence-corrected chi connectivity index (χ3v) is 0. The van der Waals surface area contributed by atoms with Crippen LogP contribution in [0.2, 0.25) is 0 Å². The zero-order valence-corrected chi connectivity index (χ0v) is 32.6. The van der Waals surface area contributed by atoms with Gasteiger partial charge in [-0.25, -0.2) is 0 Å². The molecule has 0 N–H and O–H groups in total. The Morgan fingerprint density at radius 3 is 0.333 bits per heavy atom. The molecule has 18 nitrogen and oxygen atoms in total. The summed E-state index contributed by atoms with van der Waals surface area (Å²) in [7, 11) is 0. The summed E-state index contributed by atoms with van der Waals surface area (Å²) in [6.45, 7) is 0. The summed E-state index contributed by atoms with van der Waals surface area (Å²) >= 11 is -25.2. The smallest absolute Gasteiger partial charge is 2.00 e. The maximum atomic E-state index is 8.60. The molecule has 0 aromatic heterocycles. The average Bonchev–Trinajstić information content (AvgIpc) is 2.08. The standard InChI is InChI=1S/Ca.Mg.6Nb.18O.Pb/q2*+2;;;;;;;;;;;;;;;;;;;6*-1;+2. The third kappa shape index (κ3) is 1130. The first-order chi connectivity index (χ1) is 10.4. The summed E-state index contributed by atoms with van der Waals surface area (Å²) in [6.07, 6.45) is 0. The largest absolute Gasteiger partial charge is 2.00 e. The van der Waals surface area contributed by atoms with Crippen LogP contribution in [0.4, 0.5) is 0 Å². The molecule has 0 heterocycles. The van der Waals surface area contributed by atoms with Crippen LogP contribution in [0, 0.1) is 0 Å². The molecule has 0 fully saturated rings. The zero-order chi connectivity index (χ0) is 21.5. The molecular weight excluding hydrogens is 1120 g/mol. The molecule has 0 saturated carbocycles. The van der Waals surface area contributed by atoms with E-state index in [2.05, 4.69) is 0 Å². The second-order valence-electron chi connectivity index (χ2n) is 1.34. The molecule has 0 aromatic rings. The minimum atomic E-state index is -4.20. The van der Waals surface area contributed by atoms with Gasteiger partial charge in [-0.3, -0.25) is 0 Å². The quantitative estimate of drug-likeness (QED) is 0.203. The Hall–Kier alpha value is 4.75. The summed E-state index contributed by atoms with van der Waals surface area (Å²) in [4.78, 5) is 0. The second kappa shape index (κ2) is 52.6. The van der Waals surface area contributed by atoms with E-state index in [1.807, 2.05) is 0 Å². The molecule has 0 unspecified atom stereocenters. The van der Waals surface area contributed by atoms with Crippen LogP contribution in [0.5, 0.6) is 0 Å². The van der Waals surface area contributed by atoms with Crippen LogP contribution in [-0.2, 0) is 152 Å². The van der Waals surface area contributed by atoms with Gasteiger partial charge in [0.15, 0.2) is 0 Å². The predicted molar refractivity (Wildman–Crippen MR) is 25.5 cm³/mol. The van der Waals surface area contributed by atoms with Crippen molar-refractivity contribution < 1.29 is 173 Å². The third-order valence-electron chi connectivity index (χ3n) is 0. The maximum absolute atomic E-state index is 8.60. The molecule has 0 aliphatic heterocycles. The van der Waals surface area contributed by atoms with Gasteiger partial charge in [-0.15, -0.1) is 0 Å². The Morgan fingerprint density at radius 1 is 0.333 bits per heavy atom. The Balaban J connectivity index is -0.0000000201. The molecule has 0 amide bonds. The number of hydrogen-bond donors (Lipinski definition) is 0. The van der Waals surface area contributed by atoms with Crippen LogP contribution >= 0.6 is 0 Å². The summed E-state index contributed by atoms with van der Waals surface area (Å²) in [6, 6.07) is 0. The summed E-state index contributed by atoms with van der Waals surface area (Å²) < 4.78 is 155. The van der Waals surface area contributed by atoms with Gasteiger partial charge in [0.25, 0.3) is 0 Å². The Kier molecular flexibility index (Phi) is 113. The van der Waals surface area contributed by atoms with Gasteiger partial charge in [0.2, 0.25) is 0 Å². The van der Waals surface area contributed by atoms with E-state index in [0.29, 0.717) is 0 Å². The molecule has 2 radical (unpaired) electrons. The topological polar surface area (TPSA) is 343 Å². The molecule has 0 aliphatic rings. The maximum Gasteiger partial charge on any atom is 2.00 e. The van der Waals surface area contributed by atoms with Gasteiger partial charge in [-0.2, -0.15) is 0 Å². The fourth-order valence-corrected chi connectivity index (χ4v) is 0. The molecular formula is CaMgNb6O18Pb. The van der Waals surface area contributed by atoms with Gasteiger partial charge in [0.05, 0.1) is 0 Å². The van der Waals surface area contributed by atoms with Gasteiger partial charge in [0.1, 0.15) is 0 Å². The Morgan fingerprint density at radius 2 is 0.333 bits per heavy atom. The SMILES string of the molecule is [Ca+2].[Mg+2].[O]=[Nb](=[O])[O-].[O]=[Nb](=[O])[O-].[O]=[Nb](=[O])[O-].[O]=[Nb](=[O])[O-].[O]=[Nb](=[O])[O-].[O]=[Nb](=[O])[O-].[Pb+2]. The summed E-state index contributed by atoms with van der Waals surface area (Å²) in [5, 5.41) is 0. The van der Waals surface area contributed by atoms with Gasteiger partial charge < -0.3 is 0 Å². The molecule has 0 rings (SSSR count). The molecule has 0 aromatic carbocycles. The second-order valence-corrected chi connectivity index (χ2v) is 7.94. The minimum Gasteiger partial charge on any atom is 2.00 e. The summed E-state index contributed by atoms with van der Waals surface area (Å²) in [5.41, 5.74) is 0. The van der Waals surface area contributed by atoms with Crippen molar-refractivity contribution in [3.8, 4) is 0 Å². The van der Waals surface area contributed by atoms with E-state index in [-0.39, 0.29) is 88.1 Å². The monoisotopic (exact) mass is 1120 g/mol. The molecule has 146 valence electrons. The van der Waals surface area contributed by atoms with Crippen LogP contribution in [0.15, 0.2) is 0 Å². The Labute approximate surface area is 255 Å². The van der Waals surface area contributed by atoms with Crippen molar-refractivity contribution in [1.82, 2.24) is 0 Å². The van der Waals surface area contributed by atoms with E-state index in [4.69, 9.17) is 60.7 Å². The minimum absolute atomic E-state index is 0. The van der Waals surface area contributed by atoms with Crippen molar-refractivity contribution >= 4 is 88.1 Å². The van der Waals surface area contributed by atoms with Crippen LogP contribution < -0.4 is 21.7 Å². The first-order valence-corrected chi connectivity index (χ1v) is 19.4. The van der Waals surface area contributed by atoms with Crippen molar-refractivity contribution in [3.63, 3.8) is 0 Å². The first kappa shape index (κ1) is 58.0. The van der Waals surface area contributed by atoms with Crippen LogP contribution in [0.3, 0.4) is 0 Å². The van der Waals surface area contributed by atoms with E-state index in [9.17, 15) is 0 Å². The van der Waals surface area contributed by atoms with Crippen molar-refractivity contribution in [2.24, 2.45) is 0 Å². The molecule has 0 saturated heterocycles. The predicted octanol–water partition coefficient (Wildman–Crippen LogP) is -9.72. The van der Waals surface area contributed by atoms with Crippen LogP contribution in [0.25, 0.3) is 0 Å². The van der Waals surface area contributed by atoms with E-state index in [0.717, 1.165) is 0 Å². The van der Waals surface area contributed by atoms with Gasteiger partial charge in [-0.1, -0.05) is 0 Å². The molecule has 0 atom stereocenters. The van der Waals surface area contributed by atoms with E-state index in [1.54, 1.807) is 0 Å². The molecule has 0 bridgehead atoms. The van der Waals surface area contributed by atoms with Crippen molar-refractivity contribution in [1.29, 1.82) is 0 Å². The molecule has 0 aliphatic carbocycles. The van der Waals surface area contributed by atoms with Crippen molar-refractivity contribution in [2.75, 3.05) is 0 Å². The Bertz CT molecular complexity index is 484. The van der Waals surface area contributed by atoms with Gasteiger partial charge in [-0.05, 0) is 0 Å². The molecule has 27 heteroatoms. The number of rotatable bonds is 0. The van der Waals surface area contributed by atoms with Crippen molar-refractivity contribution in [2.45, 2.75) is 0 Å².